The van der Waals surface area contributed by atoms with Crippen molar-refractivity contribution in [3.05, 3.63) is 48.0 Å². The van der Waals surface area contributed by atoms with Crippen LogP contribution in [0.2, 0.25) is 0 Å². The fourth-order valence-corrected chi connectivity index (χ4v) is 1.88. The van der Waals surface area contributed by atoms with Crippen LogP contribution in [0.25, 0.3) is 5.69 Å². The molecule has 6 heteroatoms. The van der Waals surface area contributed by atoms with Crippen LogP contribution in [0.1, 0.15) is 17.2 Å². The molecule has 102 valence electrons. The van der Waals surface area contributed by atoms with Crippen LogP contribution in [0.5, 0.6) is 0 Å². The van der Waals surface area contributed by atoms with Crippen LogP contribution in [0.15, 0.2) is 36.9 Å². The van der Waals surface area contributed by atoms with Crippen LogP contribution in [0, 0.1) is 6.92 Å². The Kier molecular flexibility index (Phi) is 3.36. The van der Waals surface area contributed by atoms with Gasteiger partial charge in [0.15, 0.2) is 6.10 Å². The molecule has 19 heavy (non-hydrogen) atoms. The van der Waals surface area contributed by atoms with Gasteiger partial charge < -0.3 is 5.11 Å². The number of rotatable bonds is 2. The average molecular weight is 271 g/mol. The van der Waals surface area contributed by atoms with E-state index in [4.69, 9.17) is 0 Å². The van der Waals surface area contributed by atoms with Crippen LogP contribution in [-0.4, -0.2) is 15.8 Å². The Bertz CT molecular complexity index is 590. The van der Waals surface area contributed by atoms with Crippen molar-refractivity contribution in [1.82, 2.24) is 4.57 Å². The molecule has 1 aromatic heterocycles. The van der Waals surface area contributed by atoms with E-state index in [1.54, 1.807) is 54.0 Å². The second kappa shape index (κ2) is 4.70. The molecule has 1 aromatic carbocycles. The Labute approximate surface area is 108 Å². The van der Waals surface area contributed by atoms with Gasteiger partial charge in [0.25, 0.3) is 0 Å². The first kappa shape index (κ1) is 13.6. The Hall–Kier alpha value is -1.82. The van der Waals surface area contributed by atoms with Crippen LogP contribution >= 0.6 is 0 Å². The van der Waals surface area contributed by atoms with Gasteiger partial charge in [0, 0.05) is 5.56 Å². The molecule has 2 rings (SSSR count). The van der Waals surface area contributed by atoms with Crippen LogP contribution in [0.4, 0.5) is 13.2 Å². The van der Waals surface area contributed by atoms with E-state index < -0.39 is 12.3 Å². The van der Waals surface area contributed by atoms with Gasteiger partial charge in [0.1, 0.15) is 18.1 Å². The lowest BCUT2D eigenvalue weighted by Gasteiger charge is -2.16. The van der Waals surface area contributed by atoms with Crippen molar-refractivity contribution in [3.63, 3.8) is 0 Å². The molecule has 2 aromatic rings. The van der Waals surface area contributed by atoms with Gasteiger partial charge in [-0.1, -0.05) is 12.1 Å². The van der Waals surface area contributed by atoms with E-state index in [-0.39, 0.29) is 5.56 Å². The number of alkyl halides is 3. The molecule has 0 aliphatic heterocycles. The number of aryl methyl sites for hydroxylation is 2. The summed E-state index contributed by atoms with van der Waals surface area (Å²) in [5, 5.41) is 9.45. The maximum Gasteiger partial charge on any atom is 0.418 e. The molecule has 0 fully saturated rings. The molecule has 0 amide bonds. The number of hydrogen-bond donors (Lipinski definition) is 1. The SMILES string of the molecule is Cc1ccc([C@@H](O)C(F)(F)F)c(-n2cc[n+](C)c2)c1. The lowest BCUT2D eigenvalue weighted by atomic mass is 10.0. The molecular weight excluding hydrogens is 257 g/mol. The Morgan fingerprint density at radius 1 is 1.32 bits per heavy atom. The molecule has 0 spiro atoms. The summed E-state index contributed by atoms with van der Waals surface area (Å²) >= 11 is 0. The van der Waals surface area contributed by atoms with Crippen molar-refractivity contribution in [2.24, 2.45) is 7.05 Å². The van der Waals surface area contributed by atoms with Crippen molar-refractivity contribution in [2.45, 2.75) is 19.2 Å². The second-order valence-corrected chi connectivity index (χ2v) is 4.49. The van der Waals surface area contributed by atoms with Crippen molar-refractivity contribution in [3.8, 4) is 5.69 Å². The summed E-state index contributed by atoms with van der Waals surface area (Å²) in [6.07, 6.45) is -2.18. The monoisotopic (exact) mass is 271 g/mol. The summed E-state index contributed by atoms with van der Waals surface area (Å²) in [6, 6.07) is 4.48. The Balaban J connectivity index is 2.56. The van der Waals surface area contributed by atoms with Gasteiger partial charge >= 0.3 is 6.18 Å². The quantitative estimate of drug-likeness (QED) is 0.834. The van der Waals surface area contributed by atoms with Gasteiger partial charge in [-0.2, -0.15) is 13.2 Å². The van der Waals surface area contributed by atoms with Crippen LogP contribution < -0.4 is 4.57 Å². The molecule has 0 aliphatic carbocycles. The minimum Gasteiger partial charge on any atom is -0.379 e. The highest BCUT2D eigenvalue weighted by molar-refractivity contribution is 5.45. The number of nitrogens with zero attached hydrogens (tertiary/aromatic N) is 2. The smallest absolute Gasteiger partial charge is 0.379 e. The number of benzene rings is 1. The van der Waals surface area contributed by atoms with E-state index in [0.717, 1.165) is 5.56 Å². The third kappa shape index (κ3) is 2.78. The zero-order valence-electron chi connectivity index (χ0n) is 10.5. The number of aliphatic hydroxyl groups excluding tert-OH is 1. The molecule has 1 heterocycles. The minimum atomic E-state index is -4.68. The van der Waals surface area contributed by atoms with Crippen LogP contribution in [-0.2, 0) is 7.05 Å². The maximum absolute atomic E-state index is 12.7. The molecule has 3 nitrogen and oxygen atoms in total. The molecule has 0 saturated carbocycles. The Morgan fingerprint density at radius 2 is 2.00 bits per heavy atom. The topological polar surface area (TPSA) is 29.0 Å². The van der Waals surface area contributed by atoms with Gasteiger partial charge in [0.2, 0.25) is 6.33 Å². The van der Waals surface area contributed by atoms with Gasteiger partial charge in [-0.25, -0.2) is 9.13 Å². The highest BCUT2D eigenvalue weighted by Crippen LogP contribution is 2.35. The average Bonchev–Trinajstić information content (AvgIpc) is 2.73. The summed E-state index contributed by atoms with van der Waals surface area (Å²) in [5.41, 5.74) is 0.990. The third-order valence-electron chi connectivity index (χ3n) is 2.84. The minimum absolute atomic E-state index is 0.158. The predicted molar refractivity (Wildman–Crippen MR) is 62.7 cm³/mol. The van der Waals surface area contributed by atoms with Gasteiger partial charge in [-0.15, -0.1) is 0 Å². The highest BCUT2D eigenvalue weighted by atomic mass is 19.4. The maximum atomic E-state index is 12.7. The molecule has 0 radical (unpaired) electrons. The second-order valence-electron chi connectivity index (χ2n) is 4.49. The largest absolute Gasteiger partial charge is 0.418 e. The van der Waals surface area contributed by atoms with Gasteiger partial charge in [-0.05, 0) is 18.6 Å². The molecule has 0 bridgehead atoms. The normalized spacial score (nSPS) is 13.6. The molecule has 1 N–H and O–H groups in total. The van der Waals surface area contributed by atoms with E-state index in [9.17, 15) is 18.3 Å². The van der Waals surface area contributed by atoms with E-state index in [0.29, 0.717) is 5.69 Å². The number of aliphatic hydroxyl groups is 1. The molecule has 0 saturated heterocycles. The Morgan fingerprint density at radius 3 is 2.53 bits per heavy atom. The molecule has 0 unspecified atom stereocenters. The summed E-state index contributed by atoms with van der Waals surface area (Å²) in [6.45, 7) is 1.79. The van der Waals surface area contributed by atoms with Crippen molar-refractivity contribution >= 4 is 0 Å². The van der Waals surface area contributed by atoms with E-state index >= 15 is 0 Å². The van der Waals surface area contributed by atoms with Gasteiger partial charge in [0.05, 0.1) is 7.05 Å². The summed E-state index contributed by atoms with van der Waals surface area (Å²) in [5.74, 6) is 0. The first-order chi connectivity index (χ1) is 8.79. The third-order valence-corrected chi connectivity index (χ3v) is 2.84. The van der Waals surface area contributed by atoms with E-state index in [1.807, 2.05) is 0 Å². The van der Waals surface area contributed by atoms with Crippen molar-refractivity contribution < 1.29 is 22.8 Å². The summed E-state index contributed by atoms with van der Waals surface area (Å²) in [7, 11) is 1.77. The number of hydrogen-bond acceptors (Lipinski definition) is 1. The first-order valence-electron chi connectivity index (χ1n) is 5.68. The first-order valence-corrected chi connectivity index (χ1v) is 5.68. The van der Waals surface area contributed by atoms with Gasteiger partial charge in [-0.3, -0.25) is 0 Å². The molecule has 1 atom stereocenters. The standard InChI is InChI=1S/C13H14F3N2O/c1-9-3-4-10(12(19)13(14,15)16)11(7-9)18-6-5-17(2)8-18/h3-8,12,19H,1-2H3/q+1/t12-/m1/s1. The van der Waals surface area contributed by atoms with E-state index in [1.165, 1.54) is 6.07 Å². The molecular formula is C13H14F3N2O+. The fraction of sp³-hybridized carbons (Fsp3) is 0.308. The number of aromatic nitrogens is 2. The number of imidazole rings is 1. The van der Waals surface area contributed by atoms with E-state index in [2.05, 4.69) is 0 Å². The summed E-state index contributed by atoms with van der Waals surface area (Å²) < 4.78 is 41.3. The lowest BCUT2D eigenvalue weighted by molar-refractivity contribution is -0.670. The highest BCUT2D eigenvalue weighted by Gasteiger charge is 2.41. The number of halogens is 3. The molecule has 0 aliphatic rings. The predicted octanol–water partition coefficient (Wildman–Crippen LogP) is 2.21. The lowest BCUT2D eigenvalue weighted by Crippen LogP contribution is -2.24. The van der Waals surface area contributed by atoms with Crippen molar-refractivity contribution in [1.29, 1.82) is 0 Å². The zero-order chi connectivity index (χ0) is 14.2. The van der Waals surface area contributed by atoms with Crippen LogP contribution in [0.3, 0.4) is 0 Å². The summed E-state index contributed by atoms with van der Waals surface area (Å²) in [4.78, 5) is 0. The zero-order valence-corrected chi connectivity index (χ0v) is 10.5. The fourth-order valence-electron chi connectivity index (χ4n) is 1.88. The van der Waals surface area contributed by atoms with Crippen molar-refractivity contribution in [2.75, 3.05) is 0 Å².